The van der Waals surface area contributed by atoms with Crippen molar-refractivity contribution in [1.29, 1.82) is 0 Å². The molecule has 0 aliphatic heterocycles. The fraction of sp³-hybridized carbons (Fsp3) is 0.808. The van der Waals surface area contributed by atoms with Crippen LogP contribution in [0.2, 0.25) is 0 Å². The van der Waals surface area contributed by atoms with Crippen molar-refractivity contribution in [2.75, 3.05) is 4.43 Å². The van der Waals surface area contributed by atoms with Crippen LogP contribution < -0.4 is 0 Å². The number of hydrogen-bond donors (Lipinski definition) is 0. The summed E-state index contributed by atoms with van der Waals surface area (Å²) in [4.78, 5) is 36.5. The van der Waals surface area contributed by atoms with E-state index in [9.17, 15) is 14.4 Å². The molecule has 0 spiro atoms. The number of unbranched alkanes of at least 4 members (excludes halogenated alkanes) is 5. The van der Waals surface area contributed by atoms with Crippen molar-refractivity contribution < 1.29 is 19.1 Å². The first-order valence-electron chi connectivity index (χ1n) is 12.3. The molecular formula is C26H43IO4. The van der Waals surface area contributed by atoms with Gasteiger partial charge in [0, 0.05) is 36.0 Å². The second kappa shape index (κ2) is 16.8. The van der Waals surface area contributed by atoms with Crippen molar-refractivity contribution in [3.8, 4) is 0 Å². The Bertz CT molecular complexity index is 570. The Balaban J connectivity index is 2.39. The third-order valence-corrected chi connectivity index (χ3v) is 7.32. The second-order valence-electron chi connectivity index (χ2n) is 9.23. The number of hydrogen-bond acceptors (Lipinski definition) is 4. The van der Waals surface area contributed by atoms with Crippen LogP contribution in [0.1, 0.15) is 104 Å². The predicted molar refractivity (Wildman–Crippen MR) is 135 cm³/mol. The van der Waals surface area contributed by atoms with Crippen LogP contribution in [-0.4, -0.2) is 28.1 Å². The molecule has 0 saturated heterocycles. The Morgan fingerprint density at radius 3 is 2.48 bits per heavy atom. The Morgan fingerprint density at radius 2 is 1.81 bits per heavy atom. The van der Waals surface area contributed by atoms with E-state index >= 15 is 0 Å². The second-order valence-corrected chi connectivity index (χ2v) is 10.1. The number of carbonyl (C=O) groups is 3. The Morgan fingerprint density at radius 1 is 1.06 bits per heavy atom. The van der Waals surface area contributed by atoms with E-state index in [0.717, 1.165) is 43.0 Å². The normalized spacial score (nSPS) is 21.3. The van der Waals surface area contributed by atoms with E-state index in [1.54, 1.807) is 0 Å². The fourth-order valence-corrected chi connectivity index (χ4v) is 5.43. The lowest BCUT2D eigenvalue weighted by atomic mass is 9.83. The van der Waals surface area contributed by atoms with E-state index in [0.29, 0.717) is 49.1 Å². The molecule has 1 saturated carbocycles. The first-order valence-corrected chi connectivity index (χ1v) is 13.9. The lowest BCUT2D eigenvalue weighted by molar-refractivity contribution is -0.147. The zero-order valence-corrected chi connectivity index (χ0v) is 22.0. The van der Waals surface area contributed by atoms with Gasteiger partial charge < -0.3 is 4.74 Å². The number of ketones is 2. The van der Waals surface area contributed by atoms with Crippen LogP contribution in [0.15, 0.2) is 12.2 Å². The molecule has 0 aromatic carbocycles. The lowest BCUT2D eigenvalue weighted by Gasteiger charge is -2.21. The molecule has 0 bridgehead atoms. The molecule has 0 amide bonds. The quantitative estimate of drug-likeness (QED) is 0.0647. The smallest absolute Gasteiger partial charge is 0.306 e. The summed E-state index contributed by atoms with van der Waals surface area (Å²) in [5.41, 5.74) is 0. The van der Waals surface area contributed by atoms with Crippen LogP contribution in [0.4, 0.5) is 0 Å². The Hall–Kier alpha value is -0.720. The number of ether oxygens (including phenoxy) is 1. The van der Waals surface area contributed by atoms with Gasteiger partial charge in [-0.25, -0.2) is 0 Å². The van der Waals surface area contributed by atoms with Crippen LogP contribution in [0.25, 0.3) is 0 Å². The van der Waals surface area contributed by atoms with Crippen molar-refractivity contribution in [2.24, 2.45) is 17.8 Å². The maximum atomic E-state index is 12.6. The minimum absolute atomic E-state index is 0.0549. The number of rotatable bonds is 17. The average molecular weight is 547 g/mol. The number of alkyl halides is 1. The number of carbonyl (C=O) groups excluding carboxylic acids is 3. The molecule has 31 heavy (non-hydrogen) atoms. The minimum Gasteiger partial charge on any atom is -0.463 e. The average Bonchev–Trinajstić information content (AvgIpc) is 3.02. The zero-order chi connectivity index (χ0) is 23.1. The van der Waals surface area contributed by atoms with Crippen molar-refractivity contribution in [3.63, 3.8) is 0 Å². The van der Waals surface area contributed by atoms with Gasteiger partial charge in [0.1, 0.15) is 11.6 Å². The van der Waals surface area contributed by atoms with Crippen molar-refractivity contribution >= 4 is 40.1 Å². The molecule has 1 fully saturated rings. The summed E-state index contributed by atoms with van der Waals surface area (Å²) in [7, 11) is 0. The summed E-state index contributed by atoms with van der Waals surface area (Å²) in [6, 6.07) is 0. The van der Waals surface area contributed by atoms with Crippen molar-refractivity contribution in [2.45, 2.75) is 110 Å². The van der Waals surface area contributed by atoms with E-state index < -0.39 is 0 Å². The van der Waals surface area contributed by atoms with Crippen molar-refractivity contribution in [1.82, 2.24) is 0 Å². The van der Waals surface area contributed by atoms with E-state index in [4.69, 9.17) is 4.74 Å². The third-order valence-electron chi connectivity index (χ3n) is 6.19. The van der Waals surface area contributed by atoms with Crippen LogP contribution >= 0.6 is 22.6 Å². The summed E-state index contributed by atoms with van der Waals surface area (Å²) in [5.74, 6) is 1.39. The van der Waals surface area contributed by atoms with Gasteiger partial charge in [0.15, 0.2) is 0 Å². The topological polar surface area (TPSA) is 60.4 Å². The van der Waals surface area contributed by atoms with Gasteiger partial charge in [-0.1, -0.05) is 67.3 Å². The van der Waals surface area contributed by atoms with Gasteiger partial charge in [-0.05, 0) is 57.8 Å². The summed E-state index contributed by atoms with van der Waals surface area (Å²) in [6.07, 6.45) is 15.6. The third kappa shape index (κ3) is 12.2. The molecule has 3 atom stereocenters. The van der Waals surface area contributed by atoms with Crippen LogP contribution in [0, 0.1) is 17.8 Å². The van der Waals surface area contributed by atoms with Crippen LogP contribution in [0.3, 0.4) is 0 Å². The molecule has 4 nitrogen and oxygen atoms in total. The van der Waals surface area contributed by atoms with Crippen molar-refractivity contribution in [3.05, 3.63) is 12.2 Å². The Kier molecular flexibility index (Phi) is 15.4. The maximum Gasteiger partial charge on any atom is 0.306 e. The first-order chi connectivity index (χ1) is 14.9. The molecule has 2 unspecified atom stereocenters. The number of halogens is 1. The highest BCUT2D eigenvalue weighted by Crippen LogP contribution is 2.40. The standard InChI is InChI=1S/C26H43IO4/c1-4-5-6-7-10-13-22(28)16-17-23-21(19-27)18-25(29)24(23)14-11-8-9-12-15-26(30)31-20(2)3/h8,11,20-21,23-24H,4-7,9-10,12-19H2,1-3H3/t21?,23-,24?/m0/s1. The number of allylic oxidation sites excluding steroid dienone is 2. The molecule has 0 N–H and O–H groups in total. The van der Waals surface area contributed by atoms with Gasteiger partial charge in [-0.2, -0.15) is 0 Å². The monoisotopic (exact) mass is 546 g/mol. The highest BCUT2D eigenvalue weighted by molar-refractivity contribution is 14.1. The van der Waals surface area contributed by atoms with E-state index in [1.165, 1.54) is 19.3 Å². The van der Waals surface area contributed by atoms with Gasteiger partial charge in [0.2, 0.25) is 0 Å². The van der Waals surface area contributed by atoms with Gasteiger partial charge in [0.25, 0.3) is 0 Å². The molecule has 0 radical (unpaired) electrons. The van der Waals surface area contributed by atoms with E-state index in [1.807, 2.05) is 13.8 Å². The molecule has 0 aromatic heterocycles. The molecule has 1 aliphatic rings. The highest BCUT2D eigenvalue weighted by atomic mass is 127. The SMILES string of the molecule is CCCCCCCC(=O)CC[C@H]1C(CI)CC(=O)C1CC=CCCCC(=O)OC(C)C. The molecule has 0 aromatic rings. The summed E-state index contributed by atoms with van der Waals surface area (Å²) in [5, 5.41) is 0. The van der Waals surface area contributed by atoms with Gasteiger partial charge in [-0.3, -0.25) is 14.4 Å². The fourth-order valence-electron chi connectivity index (χ4n) is 4.47. The summed E-state index contributed by atoms with van der Waals surface area (Å²) >= 11 is 2.39. The predicted octanol–water partition coefficient (Wildman–Crippen LogP) is 7.02. The maximum absolute atomic E-state index is 12.6. The van der Waals surface area contributed by atoms with E-state index in [-0.39, 0.29) is 18.0 Å². The van der Waals surface area contributed by atoms with Crippen LogP contribution in [-0.2, 0) is 19.1 Å². The lowest BCUT2D eigenvalue weighted by Crippen LogP contribution is -2.19. The molecular weight excluding hydrogens is 503 g/mol. The summed E-state index contributed by atoms with van der Waals surface area (Å²) < 4.78 is 6.13. The number of Topliss-reactive ketones (excluding diaryl/α,β-unsaturated/α-hetero) is 2. The zero-order valence-electron chi connectivity index (χ0n) is 19.9. The largest absolute Gasteiger partial charge is 0.463 e. The van der Waals surface area contributed by atoms with Gasteiger partial charge >= 0.3 is 5.97 Å². The minimum atomic E-state index is -0.144. The van der Waals surface area contributed by atoms with Gasteiger partial charge in [0.05, 0.1) is 6.10 Å². The summed E-state index contributed by atoms with van der Waals surface area (Å²) in [6.45, 7) is 5.92. The van der Waals surface area contributed by atoms with Gasteiger partial charge in [-0.15, -0.1) is 0 Å². The first kappa shape index (κ1) is 28.3. The Labute approximate surface area is 203 Å². The molecule has 1 aliphatic carbocycles. The number of esters is 1. The molecule has 178 valence electrons. The van der Waals surface area contributed by atoms with Crippen LogP contribution in [0.5, 0.6) is 0 Å². The molecule has 5 heteroatoms. The highest BCUT2D eigenvalue weighted by Gasteiger charge is 2.40. The molecule has 0 heterocycles. The molecule has 1 rings (SSSR count). The van der Waals surface area contributed by atoms with E-state index in [2.05, 4.69) is 41.7 Å².